The van der Waals surface area contributed by atoms with Gasteiger partial charge in [0.2, 0.25) is 24.6 Å². The largest absolute Gasteiger partial charge is 0.428 e. The van der Waals surface area contributed by atoms with E-state index in [0.717, 1.165) is 0 Å². The Bertz CT molecular complexity index is 414. The molecule has 0 spiro atoms. The van der Waals surface area contributed by atoms with Crippen molar-refractivity contribution in [3.8, 4) is 0 Å². The minimum Gasteiger partial charge on any atom is -0.428 e. The van der Waals surface area contributed by atoms with Crippen LogP contribution in [0.1, 0.15) is 17.6 Å². The van der Waals surface area contributed by atoms with Crippen molar-refractivity contribution in [1.82, 2.24) is 30.5 Å². The first-order valence-corrected chi connectivity index (χ1v) is 4.87. The van der Waals surface area contributed by atoms with Gasteiger partial charge in [0, 0.05) is 13.8 Å². The number of hydrogen-bond acceptors (Lipinski definition) is 9. The van der Waals surface area contributed by atoms with Crippen LogP contribution in [-0.4, -0.2) is 30.5 Å². The summed E-state index contributed by atoms with van der Waals surface area (Å²) >= 11 is 0. The van der Waals surface area contributed by atoms with E-state index in [2.05, 4.69) is 43.9 Å². The van der Waals surface area contributed by atoms with Crippen molar-refractivity contribution in [1.29, 1.82) is 0 Å². The van der Waals surface area contributed by atoms with Gasteiger partial charge in [-0.3, -0.25) is 0 Å². The fraction of sp³-hybridized carbons (Fsp3) is 0.333. The number of hydrogen-bond donors (Lipinski definition) is 0. The van der Waals surface area contributed by atoms with Gasteiger partial charge in [0.15, 0.2) is 12.2 Å². The third-order valence-corrected chi connectivity index (χ3v) is 1.41. The molecule has 9 heteroatoms. The van der Waals surface area contributed by atoms with E-state index in [-0.39, 0.29) is 0 Å². The Kier molecular flexibility index (Phi) is 5.73. The third kappa shape index (κ3) is 6.10. The lowest BCUT2D eigenvalue weighted by molar-refractivity contribution is 0.392. The fourth-order valence-corrected chi connectivity index (χ4v) is 0.680. The summed E-state index contributed by atoms with van der Waals surface area (Å²) in [5.41, 5.74) is 0. The zero-order valence-electron chi connectivity index (χ0n) is 10.1. The summed E-state index contributed by atoms with van der Waals surface area (Å²) in [7, 11) is 0. The molecular weight excluding hydrogens is 240 g/mol. The standard InChI is InChI=1S/3C3H4N2O/c1-3-5-4-2-6-3;1-3-4-2-6-5-3;1-3-4-2-5-6-3/h3*2H,1H3. The van der Waals surface area contributed by atoms with Crippen LogP contribution in [0.2, 0.25) is 0 Å². The van der Waals surface area contributed by atoms with Gasteiger partial charge in [-0.15, -0.1) is 10.2 Å². The first-order valence-electron chi connectivity index (χ1n) is 4.87. The SMILES string of the molecule is Cc1ncno1.Cc1ncon1.Cc1nnco1. The van der Waals surface area contributed by atoms with Crippen molar-refractivity contribution in [3.63, 3.8) is 0 Å². The molecule has 18 heavy (non-hydrogen) atoms. The molecule has 0 aliphatic carbocycles. The van der Waals surface area contributed by atoms with Gasteiger partial charge in [-0.1, -0.05) is 10.3 Å². The Labute approximate surface area is 102 Å². The van der Waals surface area contributed by atoms with Crippen LogP contribution in [0, 0.1) is 20.8 Å². The lowest BCUT2D eigenvalue weighted by Gasteiger charge is -1.63. The average molecular weight is 252 g/mol. The lowest BCUT2D eigenvalue weighted by Crippen LogP contribution is -1.66. The van der Waals surface area contributed by atoms with Gasteiger partial charge in [0.05, 0.1) is 0 Å². The molecule has 96 valence electrons. The molecule has 0 saturated carbocycles. The molecule has 0 aliphatic heterocycles. The molecular formula is C9H12N6O3. The Morgan fingerprint density at radius 1 is 1.00 bits per heavy atom. The van der Waals surface area contributed by atoms with Gasteiger partial charge in [0.25, 0.3) is 0 Å². The molecule has 0 unspecified atom stereocenters. The smallest absolute Gasteiger partial charge is 0.223 e. The third-order valence-electron chi connectivity index (χ3n) is 1.41. The van der Waals surface area contributed by atoms with Crippen LogP contribution < -0.4 is 0 Å². The number of aromatic nitrogens is 6. The summed E-state index contributed by atoms with van der Waals surface area (Å²) in [5, 5.41) is 13.7. The fourth-order valence-electron chi connectivity index (χ4n) is 0.680. The summed E-state index contributed by atoms with van der Waals surface area (Å²) < 4.78 is 13.4. The van der Waals surface area contributed by atoms with Crippen LogP contribution in [0.15, 0.2) is 32.6 Å². The molecule has 0 radical (unpaired) electrons. The highest BCUT2D eigenvalue weighted by molar-refractivity contribution is 4.67. The Balaban J connectivity index is 0.000000135. The second-order valence-electron chi connectivity index (χ2n) is 2.90. The van der Waals surface area contributed by atoms with Gasteiger partial charge >= 0.3 is 0 Å². The molecule has 0 amide bonds. The highest BCUT2D eigenvalue weighted by atomic mass is 16.5. The van der Waals surface area contributed by atoms with Gasteiger partial charge < -0.3 is 13.5 Å². The molecule has 0 saturated heterocycles. The topological polar surface area (TPSA) is 117 Å². The van der Waals surface area contributed by atoms with Crippen molar-refractivity contribution in [2.24, 2.45) is 0 Å². The summed E-state index contributed by atoms with van der Waals surface area (Å²) in [4.78, 5) is 7.28. The first-order chi connectivity index (χ1) is 8.68. The quantitative estimate of drug-likeness (QED) is 0.580. The van der Waals surface area contributed by atoms with E-state index in [9.17, 15) is 0 Å². The van der Waals surface area contributed by atoms with E-state index < -0.39 is 0 Å². The van der Waals surface area contributed by atoms with Crippen LogP contribution in [-0.2, 0) is 0 Å². The lowest BCUT2D eigenvalue weighted by atomic mass is 10.8. The molecule has 0 aromatic carbocycles. The molecule has 9 nitrogen and oxygen atoms in total. The number of rotatable bonds is 0. The van der Waals surface area contributed by atoms with Gasteiger partial charge in [-0.25, -0.2) is 0 Å². The molecule has 3 heterocycles. The van der Waals surface area contributed by atoms with Crippen molar-refractivity contribution >= 4 is 0 Å². The molecule has 0 aliphatic rings. The zero-order valence-corrected chi connectivity index (χ0v) is 10.1. The maximum atomic E-state index is 4.61. The summed E-state index contributed by atoms with van der Waals surface area (Å²) in [6, 6.07) is 0. The van der Waals surface area contributed by atoms with E-state index in [0.29, 0.717) is 17.6 Å². The Morgan fingerprint density at radius 2 is 1.83 bits per heavy atom. The molecule has 0 fully saturated rings. The average Bonchev–Trinajstić information content (AvgIpc) is 3.05. The predicted octanol–water partition coefficient (Wildman–Crippen LogP) is 1.13. The maximum absolute atomic E-state index is 4.61. The minimum atomic E-state index is 0.606. The van der Waals surface area contributed by atoms with Gasteiger partial charge in [0.1, 0.15) is 0 Å². The molecule has 3 aromatic rings. The van der Waals surface area contributed by atoms with Crippen molar-refractivity contribution in [3.05, 3.63) is 36.7 Å². The molecule has 0 bridgehead atoms. The van der Waals surface area contributed by atoms with E-state index >= 15 is 0 Å². The highest BCUT2D eigenvalue weighted by Gasteiger charge is 1.80. The van der Waals surface area contributed by atoms with Crippen LogP contribution in [0.4, 0.5) is 0 Å². The first kappa shape index (κ1) is 13.5. The van der Waals surface area contributed by atoms with Gasteiger partial charge in [-0.05, 0) is 6.92 Å². The summed E-state index contributed by atoms with van der Waals surface area (Å²) in [6.45, 7) is 5.25. The molecule has 0 N–H and O–H groups in total. The van der Waals surface area contributed by atoms with Gasteiger partial charge in [-0.2, -0.15) is 9.97 Å². The second kappa shape index (κ2) is 7.65. The second-order valence-corrected chi connectivity index (χ2v) is 2.90. The predicted molar refractivity (Wildman–Crippen MR) is 57.1 cm³/mol. The van der Waals surface area contributed by atoms with E-state index in [1.807, 2.05) is 0 Å². The summed E-state index contributed by atoms with van der Waals surface area (Å²) in [6.07, 6.45) is 3.97. The maximum Gasteiger partial charge on any atom is 0.223 e. The number of nitrogens with zero attached hydrogens (tertiary/aromatic N) is 6. The van der Waals surface area contributed by atoms with E-state index in [4.69, 9.17) is 0 Å². The Hall–Kier alpha value is -2.58. The van der Waals surface area contributed by atoms with E-state index in [1.54, 1.807) is 20.8 Å². The Morgan fingerprint density at radius 3 is 2.00 bits per heavy atom. The minimum absolute atomic E-state index is 0.606. The monoisotopic (exact) mass is 252 g/mol. The molecule has 0 atom stereocenters. The van der Waals surface area contributed by atoms with Crippen LogP contribution in [0.25, 0.3) is 0 Å². The van der Waals surface area contributed by atoms with Crippen LogP contribution >= 0.6 is 0 Å². The van der Waals surface area contributed by atoms with Crippen molar-refractivity contribution < 1.29 is 13.5 Å². The zero-order chi connectivity index (χ0) is 13.2. The van der Waals surface area contributed by atoms with Crippen molar-refractivity contribution in [2.45, 2.75) is 20.8 Å². The molecule has 3 rings (SSSR count). The molecule has 3 aromatic heterocycles. The van der Waals surface area contributed by atoms with Crippen molar-refractivity contribution in [2.75, 3.05) is 0 Å². The van der Waals surface area contributed by atoms with Crippen LogP contribution in [0.5, 0.6) is 0 Å². The normalized spacial score (nSPS) is 8.83. The number of aryl methyl sites for hydroxylation is 3. The highest BCUT2D eigenvalue weighted by Crippen LogP contribution is 1.82. The summed E-state index contributed by atoms with van der Waals surface area (Å²) in [5.74, 6) is 1.89. The van der Waals surface area contributed by atoms with Crippen LogP contribution in [0.3, 0.4) is 0 Å². The van der Waals surface area contributed by atoms with E-state index in [1.165, 1.54) is 19.1 Å².